The van der Waals surface area contributed by atoms with Crippen molar-refractivity contribution < 1.29 is 9.32 Å². The molecule has 0 bridgehead atoms. The van der Waals surface area contributed by atoms with E-state index < -0.39 is 0 Å². The number of hydrogen-bond donors (Lipinski definition) is 1. The number of likely N-dealkylation sites (tertiary alicyclic amines) is 1. The molecule has 1 N–H and O–H groups in total. The SMILES string of the molecule is S=c1oc(-c2ccccc2)nn1C[NH+]1CCCCC1. The monoisotopic (exact) mass is 276 g/mol. The van der Waals surface area contributed by atoms with Crippen LogP contribution in [0.15, 0.2) is 34.7 Å². The molecule has 0 spiro atoms. The summed E-state index contributed by atoms with van der Waals surface area (Å²) < 4.78 is 7.41. The van der Waals surface area contributed by atoms with Crippen LogP contribution in [-0.4, -0.2) is 22.9 Å². The Morgan fingerprint density at radius 3 is 2.63 bits per heavy atom. The zero-order chi connectivity index (χ0) is 13.1. The standard InChI is InChI=1S/C14H17N3OS/c19-14-17(11-16-9-5-2-6-10-16)15-13(18-14)12-7-3-1-4-8-12/h1,3-4,7-8H,2,5-6,9-11H2/p+1. The number of hydrogen-bond acceptors (Lipinski definition) is 3. The summed E-state index contributed by atoms with van der Waals surface area (Å²) in [6, 6.07) is 9.90. The highest BCUT2D eigenvalue weighted by molar-refractivity contribution is 7.71. The van der Waals surface area contributed by atoms with E-state index in [0.29, 0.717) is 10.7 Å². The number of quaternary nitrogens is 1. The molecule has 100 valence electrons. The number of rotatable bonds is 3. The minimum atomic E-state index is 0.469. The van der Waals surface area contributed by atoms with Gasteiger partial charge in [0.2, 0.25) is 5.89 Å². The van der Waals surface area contributed by atoms with E-state index in [0.717, 1.165) is 12.2 Å². The summed E-state index contributed by atoms with van der Waals surface area (Å²) in [6.07, 6.45) is 3.95. The van der Waals surface area contributed by atoms with Crippen LogP contribution in [0.25, 0.3) is 11.5 Å². The van der Waals surface area contributed by atoms with Crippen LogP contribution in [0.3, 0.4) is 0 Å². The molecule has 2 aromatic rings. The minimum Gasteiger partial charge on any atom is -0.409 e. The first-order chi connectivity index (χ1) is 9.33. The molecule has 0 atom stereocenters. The Morgan fingerprint density at radius 2 is 1.89 bits per heavy atom. The quantitative estimate of drug-likeness (QED) is 0.870. The van der Waals surface area contributed by atoms with Crippen LogP contribution in [0, 0.1) is 4.84 Å². The third-order valence-corrected chi connectivity index (χ3v) is 3.86. The van der Waals surface area contributed by atoms with Gasteiger partial charge in [-0.2, -0.15) is 4.68 Å². The summed E-state index contributed by atoms with van der Waals surface area (Å²) in [7, 11) is 0. The van der Waals surface area contributed by atoms with E-state index in [1.54, 1.807) is 0 Å². The number of piperidine rings is 1. The first-order valence-corrected chi connectivity index (χ1v) is 7.21. The second-order valence-electron chi connectivity index (χ2n) is 5.01. The van der Waals surface area contributed by atoms with E-state index in [1.165, 1.54) is 37.3 Å². The topological polar surface area (TPSA) is 35.4 Å². The van der Waals surface area contributed by atoms with Gasteiger partial charge in [0.05, 0.1) is 13.1 Å². The third-order valence-electron chi connectivity index (χ3n) is 3.56. The lowest BCUT2D eigenvalue weighted by Crippen LogP contribution is -3.12. The molecule has 0 radical (unpaired) electrons. The van der Waals surface area contributed by atoms with Gasteiger partial charge in [-0.25, -0.2) is 0 Å². The van der Waals surface area contributed by atoms with Crippen molar-refractivity contribution in [2.45, 2.75) is 25.9 Å². The van der Waals surface area contributed by atoms with E-state index in [-0.39, 0.29) is 0 Å². The van der Waals surface area contributed by atoms with Crippen molar-refractivity contribution in [2.24, 2.45) is 0 Å². The Bertz CT molecular complexity index is 584. The molecule has 1 aromatic carbocycles. The molecule has 0 amide bonds. The van der Waals surface area contributed by atoms with Gasteiger partial charge in [0.15, 0.2) is 6.67 Å². The van der Waals surface area contributed by atoms with Crippen molar-refractivity contribution in [3.05, 3.63) is 35.2 Å². The minimum absolute atomic E-state index is 0.469. The van der Waals surface area contributed by atoms with Gasteiger partial charge >= 0.3 is 0 Å². The van der Waals surface area contributed by atoms with Crippen LogP contribution in [0.5, 0.6) is 0 Å². The fourth-order valence-electron chi connectivity index (χ4n) is 2.53. The molecule has 4 nitrogen and oxygen atoms in total. The Hall–Kier alpha value is -1.46. The molecule has 1 aliphatic rings. The Morgan fingerprint density at radius 1 is 1.16 bits per heavy atom. The number of aromatic nitrogens is 2. The first-order valence-electron chi connectivity index (χ1n) is 6.80. The summed E-state index contributed by atoms with van der Waals surface area (Å²) >= 11 is 5.26. The molecule has 19 heavy (non-hydrogen) atoms. The van der Waals surface area contributed by atoms with E-state index >= 15 is 0 Å². The highest BCUT2D eigenvalue weighted by Crippen LogP contribution is 2.16. The molecule has 1 saturated heterocycles. The van der Waals surface area contributed by atoms with Crippen LogP contribution in [-0.2, 0) is 6.67 Å². The molecule has 2 heterocycles. The molecule has 5 heteroatoms. The molecule has 1 aromatic heterocycles. The molecule has 0 unspecified atom stereocenters. The highest BCUT2D eigenvalue weighted by Gasteiger charge is 2.16. The summed E-state index contributed by atoms with van der Waals surface area (Å²) in [6.45, 7) is 3.22. The molecule has 1 fully saturated rings. The predicted octanol–water partition coefficient (Wildman–Crippen LogP) is 1.90. The largest absolute Gasteiger partial charge is 0.409 e. The maximum Gasteiger partial charge on any atom is 0.292 e. The van der Waals surface area contributed by atoms with E-state index in [1.807, 2.05) is 35.0 Å². The van der Waals surface area contributed by atoms with Crippen LogP contribution in [0.4, 0.5) is 0 Å². The van der Waals surface area contributed by atoms with Crippen LogP contribution in [0.2, 0.25) is 0 Å². The molecule has 3 rings (SSSR count). The van der Waals surface area contributed by atoms with Crippen molar-refractivity contribution in [2.75, 3.05) is 13.1 Å². The van der Waals surface area contributed by atoms with Crippen molar-refractivity contribution in [3.8, 4) is 11.5 Å². The fraction of sp³-hybridized carbons (Fsp3) is 0.429. The van der Waals surface area contributed by atoms with Gasteiger partial charge in [-0.15, -0.1) is 5.10 Å². The Labute approximate surface area is 117 Å². The summed E-state index contributed by atoms with van der Waals surface area (Å²) in [5, 5.41) is 4.50. The zero-order valence-corrected chi connectivity index (χ0v) is 11.7. The lowest BCUT2D eigenvalue weighted by atomic mass is 10.1. The first kappa shape index (κ1) is 12.6. The van der Waals surface area contributed by atoms with Crippen molar-refractivity contribution in [1.82, 2.24) is 9.78 Å². The maximum atomic E-state index is 5.60. The third kappa shape index (κ3) is 2.93. The molecule has 0 saturated carbocycles. The van der Waals surface area contributed by atoms with Crippen LogP contribution in [0.1, 0.15) is 19.3 Å². The zero-order valence-electron chi connectivity index (χ0n) is 10.8. The molecule has 1 aliphatic heterocycles. The molecular weight excluding hydrogens is 258 g/mol. The van der Waals surface area contributed by atoms with Gasteiger partial charge < -0.3 is 9.32 Å². The summed E-state index contributed by atoms with van der Waals surface area (Å²) in [5.74, 6) is 0.613. The van der Waals surface area contributed by atoms with Crippen molar-refractivity contribution in [1.29, 1.82) is 0 Å². The van der Waals surface area contributed by atoms with E-state index in [2.05, 4.69) is 5.10 Å². The molecular formula is C14H18N3OS+. The maximum absolute atomic E-state index is 5.60. The normalized spacial score (nSPS) is 16.6. The van der Waals surface area contributed by atoms with Gasteiger partial charge in [-0.05, 0) is 43.6 Å². The van der Waals surface area contributed by atoms with Crippen molar-refractivity contribution >= 4 is 12.2 Å². The summed E-state index contributed by atoms with van der Waals surface area (Å²) in [5.41, 5.74) is 0.973. The van der Waals surface area contributed by atoms with Gasteiger partial charge in [0, 0.05) is 5.56 Å². The molecule has 0 aliphatic carbocycles. The number of nitrogens with zero attached hydrogens (tertiary/aromatic N) is 2. The van der Waals surface area contributed by atoms with Gasteiger partial charge in [-0.1, -0.05) is 18.2 Å². The average molecular weight is 276 g/mol. The second-order valence-corrected chi connectivity index (χ2v) is 5.36. The highest BCUT2D eigenvalue weighted by atomic mass is 32.1. The van der Waals surface area contributed by atoms with Gasteiger partial charge in [-0.3, -0.25) is 0 Å². The average Bonchev–Trinajstić information content (AvgIpc) is 2.82. The summed E-state index contributed by atoms with van der Waals surface area (Å²) in [4.78, 5) is 2.01. The Kier molecular flexibility index (Phi) is 3.75. The van der Waals surface area contributed by atoms with Gasteiger partial charge in [0.1, 0.15) is 0 Å². The van der Waals surface area contributed by atoms with Crippen LogP contribution < -0.4 is 4.90 Å². The van der Waals surface area contributed by atoms with E-state index in [4.69, 9.17) is 16.6 Å². The van der Waals surface area contributed by atoms with E-state index in [9.17, 15) is 0 Å². The predicted molar refractivity (Wildman–Crippen MR) is 75.3 cm³/mol. The number of benzene rings is 1. The lowest BCUT2D eigenvalue weighted by molar-refractivity contribution is -0.928. The second kappa shape index (κ2) is 5.67. The smallest absolute Gasteiger partial charge is 0.292 e. The van der Waals surface area contributed by atoms with Gasteiger partial charge in [0.25, 0.3) is 4.84 Å². The number of nitrogens with one attached hydrogen (secondary N) is 1. The Balaban J connectivity index is 1.79. The fourth-order valence-corrected chi connectivity index (χ4v) is 2.71. The van der Waals surface area contributed by atoms with Crippen LogP contribution >= 0.6 is 12.2 Å². The lowest BCUT2D eigenvalue weighted by Gasteiger charge is -2.22. The van der Waals surface area contributed by atoms with Crippen molar-refractivity contribution in [3.63, 3.8) is 0 Å².